The molecule has 0 aliphatic rings. The summed E-state index contributed by atoms with van der Waals surface area (Å²) in [4.78, 5) is 11.7. The molecule has 1 rings (SSSR count). The molecular formula is C12H17BrN2O. The maximum absolute atomic E-state index is 11.7. The fourth-order valence-corrected chi connectivity index (χ4v) is 1.66. The summed E-state index contributed by atoms with van der Waals surface area (Å²) in [6.07, 6.45) is 0. The van der Waals surface area contributed by atoms with Crippen molar-refractivity contribution in [3.63, 3.8) is 0 Å². The van der Waals surface area contributed by atoms with Gasteiger partial charge in [0.05, 0.1) is 11.6 Å². The molecule has 3 N–H and O–H groups in total. The van der Waals surface area contributed by atoms with Gasteiger partial charge < -0.3 is 11.1 Å². The zero-order chi connectivity index (χ0) is 12.3. The zero-order valence-corrected chi connectivity index (χ0v) is 11.3. The predicted octanol–water partition coefficient (Wildman–Crippen LogP) is 2.36. The highest BCUT2D eigenvalue weighted by atomic mass is 79.9. The zero-order valence-electron chi connectivity index (χ0n) is 9.75. The third kappa shape index (κ3) is 3.61. The number of carbonyl (C=O) groups excluding carboxylic acids is 1. The molecule has 0 saturated carbocycles. The molecule has 0 spiro atoms. The summed E-state index contributed by atoms with van der Waals surface area (Å²) in [5.74, 6) is -0.153. The van der Waals surface area contributed by atoms with Crippen LogP contribution >= 0.6 is 15.9 Å². The smallest absolute Gasteiger partial charge is 0.239 e. The van der Waals surface area contributed by atoms with E-state index in [1.807, 2.05) is 31.2 Å². The number of amides is 1. The van der Waals surface area contributed by atoms with E-state index in [0.29, 0.717) is 0 Å². The second-order valence-electron chi connectivity index (χ2n) is 4.47. The highest BCUT2D eigenvalue weighted by Gasteiger charge is 2.23. The summed E-state index contributed by atoms with van der Waals surface area (Å²) in [6, 6.07) is 7.79. The van der Waals surface area contributed by atoms with Crippen LogP contribution in [0.2, 0.25) is 0 Å². The van der Waals surface area contributed by atoms with Gasteiger partial charge in [0.15, 0.2) is 0 Å². The Morgan fingerprint density at radius 3 is 2.62 bits per heavy atom. The van der Waals surface area contributed by atoms with Crippen LogP contribution in [0.3, 0.4) is 0 Å². The van der Waals surface area contributed by atoms with Gasteiger partial charge in [0.2, 0.25) is 5.91 Å². The molecule has 0 aromatic heterocycles. The van der Waals surface area contributed by atoms with Crippen molar-refractivity contribution in [1.29, 1.82) is 0 Å². The van der Waals surface area contributed by atoms with Crippen LogP contribution in [0.1, 0.15) is 32.4 Å². The first kappa shape index (κ1) is 13.2. The van der Waals surface area contributed by atoms with E-state index >= 15 is 0 Å². The van der Waals surface area contributed by atoms with E-state index in [1.165, 1.54) is 0 Å². The highest BCUT2D eigenvalue weighted by Crippen LogP contribution is 2.18. The number of hydrogen-bond donors (Lipinski definition) is 2. The normalized spacial score (nSPS) is 13.3. The Labute approximate surface area is 105 Å². The van der Waals surface area contributed by atoms with Crippen LogP contribution in [0.5, 0.6) is 0 Å². The minimum Gasteiger partial charge on any atom is -0.348 e. The molecule has 1 unspecified atom stereocenters. The SMILES string of the molecule is CC(NC(=O)C(C)(C)N)c1cccc(Br)c1. The lowest BCUT2D eigenvalue weighted by Gasteiger charge is -2.22. The number of nitrogens with one attached hydrogen (secondary N) is 1. The van der Waals surface area contributed by atoms with Gasteiger partial charge in [-0.25, -0.2) is 0 Å². The van der Waals surface area contributed by atoms with Crippen molar-refractivity contribution in [2.24, 2.45) is 5.73 Å². The van der Waals surface area contributed by atoms with Crippen molar-refractivity contribution in [3.05, 3.63) is 34.3 Å². The first-order chi connectivity index (χ1) is 7.30. The molecule has 0 aliphatic heterocycles. The number of nitrogens with two attached hydrogens (primary N) is 1. The van der Waals surface area contributed by atoms with Gasteiger partial charge in [-0.05, 0) is 38.5 Å². The summed E-state index contributed by atoms with van der Waals surface area (Å²) in [5, 5.41) is 2.88. The molecule has 3 nitrogen and oxygen atoms in total. The Balaban J connectivity index is 2.73. The molecule has 0 radical (unpaired) electrons. The minimum atomic E-state index is -0.847. The molecule has 1 aromatic carbocycles. The Kier molecular flexibility index (Phi) is 4.10. The van der Waals surface area contributed by atoms with Crippen molar-refractivity contribution < 1.29 is 4.79 Å². The summed E-state index contributed by atoms with van der Waals surface area (Å²) in [5.41, 5.74) is 5.92. The number of rotatable bonds is 3. The van der Waals surface area contributed by atoms with Crippen molar-refractivity contribution in [2.75, 3.05) is 0 Å². The fourth-order valence-electron chi connectivity index (χ4n) is 1.24. The van der Waals surface area contributed by atoms with Crippen LogP contribution < -0.4 is 11.1 Å². The van der Waals surface area contributed by atoms with Crippen LogP contribution in [-0.2, 0) is 4.79 Å². The van der Waals surface area contributed by atoms with Gasteiger partial charge in [-0.15, -0.1) is 0 Å². The average molecular weight is 285 g/mol. The Morgan fingerprint density at radius 2 is 2.12 bits per heavy atom. The fraction of sp³-hybridized carbons (Fsp3) is 0.417. The van der Waals surface area contributed by atoms with E-state index < -0.39 is 5.54 Å². The standard InChI is InChI=1S/C12H17BrN2O/c1-8(15-11(16)12(2,3)14)9-5-4-6-10(13)7-9/h4-8H,14H2,1-3H3,(H,15,16). The Hall–Kier alpha value is -0.870. The molecule has 4 heteroatoms. The third-order valence-corrected chi connectivity index (χ3v) is 2.77. The van der Waals surface area contributed by atoms with E-state index in [9.17, 15) is 4.79 Å². The van der Waals surface area contributed by atoms with Gasteiger partial charge in [0, 0.05) is 4.47 Å². The summed E-state index contributed by atoms with van der Waals surface area (Å²) in [7, 11) is 0. The molecule has 1 amide bonds. The Morgan fingerprint density at radius 1 is 1.50 bits per heavy atom. The molecular weight excluding hydrogens is 268 g/mol. The maximum Gasteiger partial charge on any atom is 0.239 e. The van der Waals surface area contributed by atoms with Crippen molar-refractivity contribution in [1.82, 2.24) is 5.32 Å². The molecule has 1 aromatic rings. The van der Waals surface area contributed by atoms with Gasteiger partial charge in [-0.2, -0.15) is 0 Å². The lowest BCUT2D eigenvalue weighted by atomic mass is 10.0. The van der Waals surface area contributed by atoms with Crippen molar-refractivity contribution in [3.8, 4) is 0 Å². The maximum atomic E-state index is 11.7. The molecule has 16 heavy (non-hydrogen) atoms. The second-order valence-corrected chi connectivity index (χ2v) is 5.39. The van der Waals surface area contributed by atoms with Gasteiger partial charge in [0.25, 0.3) is 0 Å². The van der Waals surface area contributed by atoms with Crippen LogP contribution in [-0.4, -0.2) is 11.4 Å². The van der Waals surface area contributed by atoms with E-state index in [4.69, 9.17) is 5.73 Å². The van der Waals surface area contributed by atoms with E-state index in [-0.39, 0.29) is 11.9 Å². The number of hydrogen-bond acceptors (Lipinski definition) is 2. The molecule has 0 aliphatic carbocycles. The number of carbonyl (C=O) groups is 1. The first-order valence-electron chi connectivity index (χ1n) is 5.16. The molecule has 0 saturated heterocycles. The lowest BCUT2D eigenvalue weighted by Crippen LogP contribution is -2.49. The Bertz CT molecular complexity index is 385. The first-order valence-corrected chi connectivity index (χ1v) is 5.95. The second kappa shape index (κ2) is 4.97. The summed E-state index contributed by atoms with van der Waals surface area (Å²) in [6.45, 7) is 5.32. The molecule has 88 valence electrons. The topological polar surface area (TPSA) is 55.1 Å². The van der Waals surface area contributed by atoms with E-state index in [0.717, 1.165) is 10.0 Å². The van der Waals surface area contributed by atoms with Gasteiger partial charge >= 0.3 is 0 Å². The van der Waals surface area contributed by atoms with E-state index in [1.54, 1.807) is 13.8 Å². The lowest BCUT2D eigenvalue weighted by molar-refractivity contribution is -0.125. The summed E-state index contributed by atoms with van der Waals surface area (Å²) >= 11 is 3.40. The largest absolute Gasteiger partial charge is 0.348 e. The van der Waals surface area contributed by atoms with Crippen LogP contribution in [0, 0.1) is 0 Å². The van der Waals surface area contributed by atoms with Crippen LogP contribution in [0.25, 0.3) is 0 Å². The predicted molar refractivity (Wildman–Crippen MR) is 69.0 cm³/mol. The third-order valence-electron chi connectivity index (χ3n) is 2.28. The molecule has 0 fully saturated rings. The monoisotopic (exact) mass is 284 g/mol. The van der Waals surface area contributed by atoms with Gasteiger partial charge in [-0.1, -0.05) is 28.1 Å². The summed E-state index contributed by atoms with van der Waals surface area (Å²) < 4.78 is 0.998. The number of benzene rings is 1. The molecule has 0 heterocycles. The van der Waals surface area contributed by atoms with Crippen molar-refractivity contribution >= 4 is 21.8 Å². The quantitative estimate of drug-likeness (QED) is 0.895. The van der Waals surface area contributed by atoms with Crippen LogP contribution in [0.4, 0.5) is 0 Å². The number of halogens is 1. The van der Waals surface area contributed by atoms with E-state index in [2.05, 4.69) is 21.2 Å². The van der Waals surface area contributed by atoms with Gasteiger partial charge in [0.1, 0.15) is 0 Å². The average Bonchev–Trinajstić information content (AvgIpc) is 2.16. The van der Waals surface area contributed by atoms with Gasteiger partial charge in [-0.3, -0.25) is 4.79 Å². The molecule has 1 atom stereocenters. The van der Waals surface area contributed by atoms with Crippen LogP contribution in [0.15, 0.2) is 28.7 Å². The highest BCUT2D eigenvalue weighted by molar-refractivity contribution is 9.10. The molecule has 0 bridgehead atoms. The van der Waals surface area contributed by atoms with Crippen molar-refractivity contribution in [2.45, 2.75) is 32.4 Å². The minimum absolute atomic E-state index is 0.0483.